The van der Waals surface area contributed by atoms with Gasteiger partial charge in [-0.2, -0.15) is 0 Å². The lowest BCUT2D eigenvalue weighted by molar-refractivity contribution is -0.138. The summed E-state index contributed by atoms with van der Waals surface area (Å²) >= 11 is 4.26. The Labute approximate surface area is 47.2 Å². The van der Waals surface area contributed by atoms with E-state index < -0.39 is 5.97 Å². The summed E-state index contributed by atoms with van der Waals surface area (Å²) in [7, 11) is 0.243. The quantitative estimate of drug-likeness (QED) is 0.574. The van der Waals surface area contributed by atoms with Crippen LogP contribution in [0.25, 0.3) is 0 Å². The van der Waals surface area contributed by atoms with Crippen LogP contribution >= 0.6 is 7.58 Å². The van der Waals surface area contributed by atoms with Crippen LogP contribution in [0.15, 0.2) is 0 Å². The highest BCUT2D eigenvalue weighted by atomic mass is 32.4. The number of hydrogen-bond acceptors (Lipinski definition) is 3. The van der Waals surface area contributed by atoms with E-state index in [-0.39, 0.29) is 14.2 Å². The van der Waals surface area contributed by atoms with Crippen LogP contribution in [0.3, 0.4) is 0 Å². The summed E-state index contributed by atoms with van der Waals surface area (Å²) in [5, 5.41) is 7.87. The van der Waals surface area contributed by atoms with Gasteiger partial charge in [0, 0.05) is 0 Å². The van der Waals surface area contributed by atoms with E-state index in [1.54, 1.807) is 0 Å². The number of rotatable bonds is 3. The first-order valence-electron chi connectivity index (χ1n) is 1.44. The van der Waals surface area contributed by atoms with Crippen molar-refractivity contribution in [2.75, 3.05) is 6.61 Å². The van der Waals surface area contributed by atoms with E-state index in [1.165, 1.54) is 0 Å². The minimum atomic E-state index is -0.989. The Hall–Kier alpha value is -0.0500. The van der Waals surface area contributed by atoms with Gasteiger partial charge in [0.1, 0.15) is 7.58 Å². The standard InChI is InChI=1S/C2H3O3PS/c3-2(4)1-5-6-7/h1H2,(H,3,4). The van der Waals surface area contributed by atoms with Crippen LogP contribution in [0, 0.1) is 0 Å². The van der Waals surface area contributed by atoms with E-state index in [4.69, 9.17) is 5.11 Å². The Morgan fingerprint density at radius 1 is 2.00 bits per heavy atom. The van der Waals surface area contributed by atoms with Crippen LogP contribution in [0.1, 0.15) is 0 Å². The van der Waals surface area contributed by atoms with Crippen LogP contribution < -0.4 is 0 Å². The summed E-state index contributed by atoms with van der Waals surface area (Å²) < 4.78 is 4.28. The third-order valence-corrected chi connectivity index (χ3v) is 0.791. The second-order valence-corrected chi connectivity index (χ2v) is 1.60. The zero-order valence-electron chi connectivity index (χ0n) is 3.33. The van der Waals surface area contributed by atoms with Crippen molar-refractivity contribution >= 4 is 25.4 Å². The SMILES string of the molecule is O=C(O)COP=S. The molecule has 3 nitrogen and oxygen atoms in total. The molecule has 0 saturated carbocycles. The summed E-state index contributed by atoms with van der Waals surface area (Å²) in [6.45, 7) is -0.301. The molecule has 0 rings (SSSR count). The summed E-state index contributed by atoms with van der Waals surface area (Å²) in [4.78, 5) is 9.58. The highest BCUT2D eigenvalue weighted by Crippen LogP contribution is 1.91. The number of aliphatic carboxylic acids is 1. The van der Waals surface area contributed by atoms with Crippen molar-refractivity contribution in [1.82, 2.24) is 0 Å². The van der Waals surface area contributed by atoms with Gasteiger partial charge < -0.3 is 9.63 Å². The molecule has 0 heterocycles. The summed E-state index contributed by atoms with van der Waals surface area (Å²) in [6, 6.07) is 0. The highest BCUT2D eigenvalue weighted by Gasteiger charge is 1.90. The first-order valence-corrected chi connectivity index (χ1v) is 3.26. The van der Waals surface area contributed by atoms with Gasteiger partial charge in [-0.05, 0) is 11.8 Å². The van der Waals surface area contributed by atoms with E-state index in [1.807, 2.05) is 0 Å². The van der Waals surface area contributed by atoms with Crippen LogP contribution in [0.2, 0.25) is 0 Å². The number of carboxylic acid groups (broad SMARTS) is 1. The predicted molar refractivity (Wildman–Crippen MR) is 27.9 cm³/mol. The van der Waals surface area contributed by atoms with Gasteiger partial charge in [-0.25, -0.2) is 4.79 Å². The van der Waals surface area contributed by atoms with Crippen LogP contribution in [-0.2, 0) is 21.1 Å². The van der Waals surface area contributed by atoms with Crippen molar-refractivity contribution in [2.24, 2.45) is 0 Å². The maximum atomic E-state index is 9.58. The molecule has 40 valence electrons. The van der Waals surface area contributed by atoms with E-state index in [9.17, 15) is 4.79 Å². The topological polar surface area (TPSA) is 46.5 Å². The third kappa shape index (κ3) is 5.95. The normalized spacial score (nSPS) is 9.14. The fourth-order valence-electron chi connectivity index (χ4n) is 0.0816. The molecule has 0 aliphatic heterocycles. The van der Waals surface area contributed by atoms with Crippen molar-refractivity contribution in [1.29, 1.82) is 0 Å². The van der Waals surface area contributed by atoms with Gasteiger partial charge in [-0.15, -0.1) is 0 Å². The molecule has 7 heavy (non-hydrogen) atoms. The Kier molecular flexibility index (Phi) is 4.09. The van der Waals surface area contributed by atoms with Gasteiger partial charge in [0.05, 0.1) is 0 Å². The lowest BCUT2D eigenvalue weighted by Crippen LogP contribution is -2.00. The zero-order valence-corrected chi connectivity index (χ0v) is 5.04. The molecule has 0 fully saturated rings. The Morgan fingerprint density at radius 3 is 2.71 bits per heavy atom. The largest absolute Gasteiger partial charge is 0.480 e. The lowest BCUT2D eigenvalue weighted by Gasteiger charge is -1.83. The average molecular weight is 138 g/mol. The first kappa shape index (κ1) is 6.95. The molecule has 0 aromatic carbocycles. The first-order chi connectivity index (χ1) is 3.27. The minimum absolute atomic E-state index is 0.243. The molecule has 0 amide bonds. The molecule has 0 aromatic rings. The van der Waals surface area contributed by atoms with Crippen LogP contribution in [-0.4, -0.2) is 17.7 Å². The Bertz CT molecular complexity index is 83.0. The zero-order chi connectivity index (χ0) is 5.70. The monoisotopic (exact) mass is 138 g/mol. The van der Waals surface area contributed by atoms with Gasteiger partial charge in [0.2, 0.25) is 0 Å². The fourth-order valence-corrected chi connectivity index (χ4v) is 0.403. The molecular formula is C2H3O3PS. The number of carboxylic acids is 1. The molecule has 1 N–H and O–H groups in total. The second-order valence-electron chi connectivity index (χ2n) is 0.742. The molecule has 0 unspecified atom stereocenters. The maximum Gasteiger partial charge on any atom is 0.330 e. The van der Waals surface area contributed by atoms with E-state index in [0.29, 0.717) is 0 Å². The van der Waals surface area contributed by atoms with Gasteiger partial charge in [-0.1, -0.05) is 0 Å². The second kappa shape index (κ2) is 4.12. The van der Waals surface area contributed by atoms with Crippen molar-refractivity contribution in [3.63, 3.8) is 0 Å². The molecule has 0 radical (unpaired) electrons. The molecule has 0 saturated heterocycles. The van der Waals surface area contributed by atoms with Crippen molar-refractivity contribution in [2.45, 2.75) is 0 Å². The highest BCUT2D eigenvalue weighted by molar-refractivity contribution is 7.94. The van der Waals surface area contributed by atoms with E-state index >= 15 is 0 Å². The van der Waals surface area contributed by atoms with Crippen LogP contribution in [0.4, 0.5) is 0 Å². The van der Waals surface area contributed by atoms with Crippen LogP contribution in [0.5, 0.6) is 0 Å². The Balaban J connectivity index is 2.97. The van der Waals surface area contributed by atoms with Gasteiger partial charge >= 0.3 is 5.97 Å². The molecule has 5 heteroatoms. The molecular weight excluding hydrogens is 135 g/mol. The van der Waals surface area contributed by atoms with E-state index in [2.05, 4.69) is 16.3 Å². The molecule has 0 atom stereocenters. The maximum absolute atomic E-state index is 9.58. The third-order valence-electron chi connectivity index (χ3n) is 0.241. The smallest absolute Gasteiger partial charge is 0.330 e. The fraction of sp³-hybridized carbons (Fsp3) is 0.500. The van der Waals surface area contributed by atoms with Gasteiger partial charge in [0.15, 0.2) is 6.61 Å². The van der Waals surface area contributed by atoms with Gasteiger partial charge in [-0.3, -0.25) is 0 Å². The number of carbonyl (C=O) groups is 1. The number of hydrogen-bond donors (Lipinski definition) is 1. The van der Waals surface area contributed by atoms with Gasteiger partial charge in [0.25, 0.3) is 0 Å². The van der Waals surface area contributed by atoms with Crippen molar-refractivity contribution < 1.29 is 14.4 Å². The lowest BCUT2D eigenvalue weighted by atomic mass is 10.8. The molecule has 0 aliphatic carbocycles. The Morgan fingerprint density at radius 2 is 2.57 bits per heavy atom. The molecule has 0 spiro atoms. The molecule has 0 aliphatic rings. The minimum Gasteiger partial charge on any atom is -0.480 e. The predicted octanol–water partition coefficient (Wildman–Crippen LogP) is 0.411. The summed E-state index contributed by atoms with van der Waals surface area (Å²) in [5.41, 5.74) is 0. The van der Waals surface area contributed by atoms with E-state index in [0.717, 1.165) is 0 Å². The molecule has 0 bridgehead atoms. The van der Waals surface area contributed by atoms with Crippen molar-refractivity contribution in [3.8, 4) is 0 Å². The van der Waals surface area contributed by atoms with Crippen molar-refractivity contribution in [3.05, 3.63) is 0 Å². The average Bonchev–Trinajstić information content (AvgIpc) is 1.61. The molecule has 0 aromatic heterocycles. The summed E-state index contributed by atoms with van der Waals surface area (Å²) in [6.07, 6.45) is 0. The summed E-state index contributed by atoms with van der Waals surface area (Å²) in [5.74, 6) is -0.989.